The highest BCUT2D eigenvalue weighted by atomic mass is 32.2. The summed E-state index contributed by atoms with van der Waals surface area (Å²) in [5.41, 5.74) is 2.16. The largest absolute Gasteiger partial charge is 0.493 e. The van der Waals surface area contributed by atoms with Gasteiger partial charge in [0, 0.05) is 17.7 Å². The van der Waals surface area contributed by atoms with Gasteiger partial charge in [0.05, 0.1) is 49.1 Å². The maximum Gasteiger partial charge on any atom is 0.297 e. The molecule has 0 spiro atoms. The average molecular weight is 552 g/mol. The molecular formula is C26H33NO8S2. The van der Waals surface area contributed by atoms with Crippen molar-refractivity contribution < 1.29 is 31.7 Å². The molecule has 0 radical (unpaired) electrons. The van der Waals surface area contributed by atoms with Gasteiger partial charge in [-0.15, -0.1) is 0 Å². The first-order valence-electron chi connectivity index (χ1n) is 12.4. The lowest BCUT2D eigenvalue weighted by Crippen LogP contribution is -2.16. The Morgan fingerprint density at radius 2 is 1.73 bits per heavy atom. The summed E-state index contributed by atoms with van der Waals surface area (Å²) in [4.78, 5) is 10.1. The third-order valence-corrected chi connectivity index (χ3v) is 9.85. The van der Waals surface area contributed by atoms with Crippen LogP contribution in [0.2, 0.25) is 0 Å². The summed E-state index contributed by atoms with van der Waals surface area (Å²) >= 11 is 1.86. The van der Waals surface area contributed by atoms with Crippen molar-refractivity contribution in [2.24, 2.45) is 11.8 Å². The van der Waals surface area contributed by atoms with Gasteiger partial charge in [-0.25, -0.2) is 0 Å². The lowest BCUT2D eigenvalue weighted by atomic mass is 9.85. The topological polar surface area (TPSA) is 114 Å². The summed E-state index contributed by atoms with van der Waals surface area (Å²) in [6.45, 7) is 0.292. The van der Waals surface area contributed by atoms with Crippen molar-refractivity contribution in [3.8, 4) is 11.5 Å². The Labute approximate surface area is 222 Å². The molecule has 0 bridgehead atoms. The van der Waals surface area contributed by atoms with E-state index < -0.39 is 15.0 Å². The molecule has 2 aliphatic rings. The molecule has 202 valence electrons. The van der Waals surface area contributed by atoms with Crippen molar-refractivity contribution in [1.29, 1.82) is 0 Å². The van der Waals surface area contributed by atoms with Crippen LogP contribution in [-0.2, 0) is 25.5 Å². The van der Waals surface area contributed by atoms with Crippen molar-refractivity contribution in [1.82, 2.24) is 0 Å². The zero-order valence-electron chi connectivity index (χ0n) is 21.1. The summed E-state index contributed by atoms with van der Waals surface area (Å²) in [5.74, 6) is 3.79. The van der Waals surface area contributed by atoms with Crippen LogP contribution in [0.3, 0.4) is 0 Å². The smallest absolute Gasteiger partial charge is 0.297 e. The van der Waals surface area contributed by atoms with E-state index in [0.29, 0.717) is 18.3 Å². The number of benzene rings is 2. The first-order chi connectivity index (χ1) is 17.8. The summed E-state index contributed by atoms with van der Waals surface area (Å²) in [6, 6.07) is 8.69. The van der Waals surface area contributed by atoms with Crippen LogP contribution in [0.25, 0.3) is 0 Å². The summed E-state index contributed by atoms with van der Waals surface area (Å²) < 4.78 is 47.2. The van der Waals surface area contributed by atoms with Crippen LogP contribution in [0, 0.1) is 22.0 Å². The molecule has 0 amide bonds. The number of rotatable bonds is 11. The minimum absolute atomic E-state index is 0.0118. The Hall–Kier alpha value is -2.34. The molecule has 1 aliphatic heterocycles. The second-order valence-electron chi connectivity index (χ2n) is 9.31. The van der Waals surface area contributed by atoms with Crippen molar-refractivity contribution in [2.75, 3.05) is 39.8 Å². The maximum atomic E-state index is 12.4. The summed E-state index contributed by atoms with van der Waals surface area (Å²) in [7, 11) is -0.765. The molecule has 2 aromatic rings. The predicted molar refractivity (Wildman–Crippen MR) is 141 cm³/mol. The van der Waals surface area contributed by atoms with Gasteiger partial charge in [0.1, 0.15) is 0 Å². The highest BCUT2D eigenvalue weighted by molar-refractivity contribution is 7.99. The zero-order chi connectivity index (χ0) is 26.4. The minimum atomic E-state index is -4.04. The normalized spacial score (nSPS) is 20.3. The molecule has 4 rings (SSSR count). The van der Waals surface area contributed by atoms with Crippen molar-refractivity contribution in [3.05, 3.63) is 57.6 Å². The molecule has 2 atom stereocenters. The first kappa shape index (κ1) is 27.7. The van der Waals surface area contributed by atoms with Crippen molar-refractivity contribution >= 4 is 27.6 Å². The molecule has 2 unspecified atom stereocenters. The number of hydrogen-bond acceptors (Lipinski definition) is 9. The lowest BCUT2D eigenvalue weighted by Gasteiger charge is -2.22. The number of thioether (sulfide) groups is 1. The maximum absolute atomic E-state index is 12.4. The van der Waals surface area contributed by atoms with Gasteiger partial charge >= 0.3 is 0 Å². The van der Waals surface area contributed by atoms with Gasteiger partial charge in [-0.05, 0) is 47.8 Å². The number of nitro groups is 1. The molecule has 11 heteroatoms. The molecule has 1 aliphatic carbocycles. The number of nitrogens with zero attached hydrogens (tertiary/aromatic N) is 1. The van der Waals surface area contributed by atoms with Gasteiger partial charge in [0.25, 0.3) is 15.8 Å². The number of hydrogen-bond donors (Lipinski definition) is 0. The van der Waals surface area contributed by atoms with E-state index in [-0.39, 0.29) is 29.0 Å². The van der Waals surface area contributed by atoms with E-state index >= 15 is 0 Å². The average Bonchev–Trinajstić information content (AvgIpc) is 3.37. The first-order valence-corrected chi connectivity index (χ1v) is 14.9. The Morgan fingerprint density at radius 3 is 2.38 bits per heavy atom. The minimum Gasteiger partial charge on any atom is -0.493 e. The van der Waals surface area contributed by atoms with Crippen LogP contribution in [0.15, 0.2) is 41.3 Å². The van der Waals surface area contributed by atoms with E-state index in [1.807, 2.05) is 17.8 Å². The molecule has 1 fully saturated rings. The lowest BCUT2D eigenvalue weighted by molar-refractivity contribution is -0.384. The van der Waals surface area contributed by atoms with Gasteiger partial charge in [-0.3, -0.25) is 14.3 Å². The van der Waals surface area contributed by atoms with E-state index in [2.05, 4.69) is 6.07 Å². The van der Waals surface area contributed by atoms with Crippen LogP contribution in [-0.4, -0.2) is 53.1 Å². The van der Waals surface area contributed by atoms with E-state index in [0.717, 1.165) is 53.7 Å². The number of methoxy groups -OCH3 is 2. The third-order valence-electron chi connectivity index (χ3n) is 7.13. The molecule has 0 saturated heterocycles. The van der Waals surface area contributed by atoms with E-state index in [1.165, 1.54) is 31.2 Å². The standard InChI is InChI=1S/C26H33NO8S2/c1-32-23-12-7-19-15-20(18-5-3-4-6-18)17-36-24(25(19)26(23)33-2)16-34-13-14-35-37(30,31)22-10-8-21(9-11-22)27(28)29/h7-12,18,20,24H,3-6,13-17H2,1-2H3. The van der Waals surface area contributed by atoms with Crippen LogP contribution in [0.1, 0.15) is 42.1 Å². The van der Waals surface area contributed by atoms with Crippen molar-refractivity contribution in [2.45, 2.75) is 42.2 Å². The zero-order valence-corrected chi connectivity index (χ0v) is 22.7. The molecule has 1 heterocycles. The fourth-order valence-corrected chi connectivity index (χ4v) is 7.63. The molecule has 0 N–H and O–H groups in total. The van der Waals surface area contributed by atoms with Crippen LogP contribution in [0.4, 0.5) is 5.69 Å². The molecule has 0 aromatic heterocycles. The highest BCUT2D eigenvalue weighted by Gasteiger charge is 2.33. The Balaban J connectivity index is 1.40. The van der Waals surface area contributed by atoms with E-state index in [9.17, 15) is 18.5 Å². The van der Waals surface area contributed by atoms with Gasteiger partial charge < -0.3 is 14.2 Å². The quantitative estimate of drug-likeness (QED) is 0.161. The summed E-state index contributed by atoms with van der Waals surface area (Å²) in [5, 5.41) is 10.8. The van der Waals surface area contributed by atoms with Gasteiger partial charge in [-0.2, -0.15) is 20.2 Å². The third kappa shape index (κ3) is 6.57. The van der Waals surface area contributed by atoms with Crippen LogP contribution < -0.4 is 9.47 Å². The highest BCUT2D eigenvalue weighted by Crippen LogP contribution is 2.48. The number of fused-ring (bicyclic) bond motifs is 1. The Bertz CT molecular complexity index is 1180. The molecule has 9 nitrogen and oxygen atoms in total. The SMILES string of the molecule is COc1ccc2c(c1OC)C(COCCOS(=O)(=O)c1ccc([N+](=O)[O-])cc1)SCC(C1CCCC1)C2. The number of ether oxygens (including phenoxy) is 3. The second-order valence-corrected chi connectivity index (χ2v) is 12.2. The molecule has 37 heavy (non-hydrogen) atoms. The predicted octanol–water partition coefficient (Wildman–Crippen LogP) is 5.17. The van der Waals surface area contributed by atoms with Gasteiger partial charge in [0.15, 0.2) is 11.5 Å². The second kappa shape index (κ2) is 12.5. The van der Waals surface area contributed by atoms with Gasteiger partial charge in [-0.1, -0.05) is 31.7 Å². The van der Waals surface area contributed by atoms with Crippen molar-refractivity contribution in [3.63, 3.8) is 0 Å². The Kier molecular flexibility index (Phi) is 9.33. The van der Waals surface area contributed by atoms with Crippen LogP contribution in [0.5, 0.6) is 11.5 Å². The fourth-order valence-electron chi connectivity index (χ4n) is 5.25. The van der Waals surface area contributed by atoms with E-state index in [4.69, 9.17) is 18.4 Å². The summed E-state index contributed by atoms with van der Waals surface area (Å²) in [6.07, 6.45) is 6.19. The number of non-ortho nitro benzene ring substituents is 1. The Morgan fingerprint density at radius 1 is 1.00 bits per heavy atom. The fraction of sp³-hybridized carbons (Fsp3) is 0.538. The molecule has 1 saturated carbocycles. The number of nitro benzene ring substituents is 1. The van der Waals surface area contributed by atoms with E-state index in [1.54, 1.807) is 14.2 Å². The van der Waals surface area contributed by atoms with Crippen LogP contribution >= 0.6 is 11.8 Å². The monoisotopic (exact) mass is 551 g/mol. The molecule has 2 aromatic carbocycles. The molecular weight excluding hydrogens is 518 g/mol. The van der Waals surface area contributed by atoms with Gasteiger partial charge in [0.2, 0.25) is 0 Å².